The summed E-state index contributed by atoms with van der Waals surface area (Å²) in [5.41, 5.74) is 5.93. The molecule has 0 bridgehead atoms. The summed E-state index contributed by atoms with van der Waals surface area (Å²) < 4.78 is 23.1. The van der Waals surface area contributed by atoms with E-state index in [0.717, 1.165) is 26.1 Å². The monoisotopic (exact) mass is 263 g/mol. The van der Waals surface area contributed by atoms with Crippen molar-refractivity contribution in [3.05, 3.63) is 0 Å². The van der Waals surface area contributed by atoms with Gasteiger partial charge in [-0.15, -0.1) is 0 Å². The largest absolute Gasteiger partial charge is 0.325 e. The molecule has 1 rings (SSSR count). The van der Waals surface area contributed by atoms with E-state index in [2.05, 4.69) is 16.7 Å². The van der Waals surface area contributed by atoms with Gasteiger partial charge < -0.3 is 10.6 Å². The van der Waals surface area contributed by atoms with Crippen molar-refractivity contribution >= 4 is 9.84 Å². The van der Waals surface area contributed by atoms with Crippen LogP contribution in [-0.2, 0) is 9.84 Å². The van der Waals surface area contributed by atoms with Gasteiger partial charge >= 0.3 is 0 Å². The van der Waals surface area contributed by atoms with Gasteiger partial charge in [-0.25, -0.2) is 8.42 Å². The van der Waals surface area contributed by atoms with Crippen LogP contribution in [0.25, 0.3) is 0 Å². The quantitative estimate of drug-likeness (QED) is 0.692. The Bertz CT molecular complexity index is 330. The second kappa shape index (κ2) is 6.13. The van der Waals surface area contributed by atoms with Gasteiger partial charge in [0, 0.05) is 12.1 Å². The summed E-state index contributed by atoms with van der Waals surface area (Å²) in [7, 11) is 1.17. The zero-order chi connectivity index (χ0) is 13.1. The maximum Gasteiger partial charge on any atom is 0.153 e. The molecule has 1 aliphatic heterocycles. The van der Waals surface area contributed by atoms with E-state index >= 15 is 0 Å². The van der Waals surface area contributed by atoms with Crippen molar-refractivity contribution in [2.45, 2.75) is 25.4 Å². The average molecular weight is 263 g/mol. The zero-order valence-corrected chi connectivity index (χ0v) is 11.9. The molecular weight excluding hydrogens is 238 g/mol. The lowest BCUT2D eigenvalue weighted by Crippen LogP contribution is -2.47. The molecule has 1 saturated heterocycles. The van der Waals surface area contributed by atoms with E-state index in [1.165, 1.54) is 0 Å². The van der Waals surface area contributed by atoms with E-state index in [9.17, 15) is 8.42 Å². The maximum absolute atomic E-state index is 11.5. The normalized spacial score (nSPS) is 28.1. The van der Waals surface area contributed by atoms with Crippen LogP contribution in [0.1, 0.15) is 13.3 Å². The molecule has 0 aromatic carbocycles. The highest BCUT2D eigenvalue weighted by molar-refractivity contribution is 7.91. The Kier molecular flexibility index (Phi) is 5.37. The van der Waals surface area contributed by atoms with Crippen molar-refractivity contribution in [2.75, 3.05) is 45.2 Å². The molecule has 1 aliphatic rings. The first-order valence-electron chi connectivity index (χ1n) is 6.20. The Morgan fingerprint density at radius 2 is 1.88 bits per heavy atom. The summed E-state index contributed by atoms with van der Waals surface area (Å²) in [6, 6.07) is -0.216. The fraction of sp³-hybridized carbons (Fsp3) is 1.00. The molecular formula is C11H25N3O2S. The van der Waals surface area contributed by atoms with Crippen molar-refractivity contribution in [3.63, 3.8) is 0 Å². The Labute approximate surface area is 105 Å². The number of hydrogen-bond donors (Lipinski definition) is 1. The number of nitrogens with two attached hydrogens (primary N) is 1. The molecule has 0 aromatic rings. The molecule has 5 nitrogen and oxygen atoms in total. The third-order valence-electron chi connectivity index (χ3n) is 3.29. The van der Waals surface area contributed by atoms with Gasteiger partial charge in [-0.3, -0.25) is 4.90 Å². The first-order valence-corrected chi connectivity index (χ1v) is 8.02. The molecule has 102 valence electrons. The molecule has 0 radical (unpaired) electrons. The minimum Gasteiger partial charge on any atom is -0.325 e. The molecule has 0 amide bonds. The number of sulfone groups is 1. The first kappa shape index (κ1) is 14.9. The minimum absolute atomic E-state index is 0.00663. The maximum atomic E-state index is 11.5. The second-order valence-corrected chi connectivity index (χ2v) is 7.25. The van der Waals surface area contributed by atoms with Crippen LogP contribution in [0.3, 0.4) is 0 Å². The van der Waals surface area contributed by atoms with Gasteiger partial charge in [0.2, 0.25) is 0 Å². The molecule has 2 N–H and O–H groups in total. The van der Waals surface area contributed by atoms with E-state index < -0.39 is 9.84 Å². The van der Waals surface area contributed by atoms with Crippen LogP contribution in [0.5, 0.6) is 0 Å². The first-order chi connectivity index (χ1) is 7.85. The molecule has 0 aliphatic carbocycles. The Hall–Kier alpha value is -0.170. The molecule has 2 atom stereocenters. The van der Waals surface area contributed by atoms with Gasteiger partial charge in [-0.05, 0) is 40.2 Å². The van der Waals surface area contributed by atoms with Crippen LogP contribution in [0.15, 0.2) is 0 Å². The summed E-state index contributed by atoms with van der Waals surface area (Å²) in [4.78, 5) is 4.35. The van der Waals surface area contributed by atoms with Gasteiger partial charge in [-0.1, -0.05) is 6.92 Å². The summed E-state index contributed by atoms with van der Waals surface area (Å²) in [5.74, 6) is 0.367. The number of rotatable bonds is 6. The molecule has 0 aromatic heterocycles. The predicted molar refractivity (Wildman–Crippen MR) is 70.8 cm³/mol. The highest BCUT2D eigenvalue weighted by Gasteiger charge is 2.38. The van der Waals surface area contributed by atoms with Crippen LogP contribution in [0.4, 0.5) is 0 Å². The second-order valence-electron chi connectivity index (χ2n) is 5.09. The smallest absolute Gasteiger partial charge is 0.153 e. The van der Waals surface area contributed by atoms with Crippen LogP contribution in [0.2, 0.25) is 0 Å². The Morgan fingerprint density at radius 1 is 1.24 bits per heavy atom. The Balaban J connectivity index is 2.50. The molecule has 6 heteroatoms. The zero-order valence-electron chi connectivity index (χ0n) is 11.1. The fourth-order valence-electron chi connectivity index (χ4n) is 2.38. The van der Waals surface area contributed by atoms with Crippen molar-refractivity contribution in [3.8, 4) is 0 Å². The molecule has 17 heavy (non-hydrogen) atoms. The molecule has 0 saturated carbocycles. The van der Waals surface area contributed by atoms with Crippen molar-refractivity contribution in [1.29, 1.82) is 0 Å². The fourth-order valence-corrected chi connectivity index (χ4v) is 4.30. The van der Waals surface area contributed by atoms with E-state index in [-0.39, 0.29) is 23.6 Å². The lowest BCUT2D eigenvalue weighted by atomic mass is 10.1. The minimum atomic E-state index is -2.92. The van der Waals surface area contributed by atoms with Crippen molar-refractivity contribution in [2.24, 2.45) is 5.73 Å². The molecule has 1 heterocycles. The van der Waals surface area contributed by atoms with E-state index in [1.807, 2.05) is 14.1 Å². The van der Waals surface area contributed by atoms with Gasteiger partial charge in [-0.2, -0.15) is 0 Å². The SMILES string of the molecule is CCN(CCCN(C)C)C1CS(=O)(=O)CC1N. The molecule has 0 spiro atoms. The van der Waals surface area contributed by atoms with Gasteiger partial charge in [0.05, 0.1) is 11.5 Å². The van der Waals surface area contributed by atoms with E-state index in [4.69, 9.17) is 5.73 Å². The van der Waals surface area contributed by atoms with Crippen LogP contribution < -0.4 is 5.73 Å². The standard InChI is InChI=1S/C11H25N3O2S/c1-4-14(7-5-6-13(2)3)11-9-17(15,16)8-10(11)12/h10-11H,4-9,12H2,1-3H3. The van der Waals surface area contributed by atoms with E-state index in [1.54, 1.807) is 0 Å². The predicted octanol–water partition coefficient (Wildman–Crippen LogP) is -0.616. The van der Waals surface area contributed by atoms with Gasteiger partial charge in [0.25, 0.3) is 0 Å². The van der Waals surface area contributed by atoms with Crippen molar-refractivity contribution in [1.82, 2.24) is 9.80 Å². The van der Waals surface area contributed by atoms with Crippen LogP contribution in [-0.4, -0.2) is 75.5 Å². The number of nitrogens with zero attached hydrogens (tertiary/aromatic N) is 2. The topological polar surface area (TPSA) is 66.6 Å². The number of hydrogen-bond acceptors (Lipinski definition) is 5. The number of likely N-dealkylation sites (N-methyl/N-ethyl adjacent to an activating group) is 1. The summed E-state index contributed by atoms with van der Waals surface area (Å²) in [5, 5.41) is 0. The molecule has 2 unspecified atom stereocenters. The summed E-state index contributed by atoms with van der Waals surface area (Å²) in [6.07, 6.45) is 1.05. The molecule has 1 fully saturated rings. The highest BCUT2D eigenvalue weighted by atomic mass is 32.2. The lowest BCUT2D eigenvalue weighted by molar-refractivity contribution is 0.198. The van der Waals surface area contributed by atoms with Crippen molar-refractivity contribution < 1.29 is 8.42 Å². The third-order valence-corrected chi connectivity index (χ3v) is 5.03. The van der Waals surface area contributed by atoms with Gasteiger partial charge in [0.15, 0.2) is 9.84 Å². The lowest BCUT2D eigenvalue weighted by Gasteiger charge is -2.29. The van der Waals surface area contributed by atoms with E-state index in [0.29, 0.717) is 0 Å². The highest BCUT2D eigenvalue weighted by Crippen LogP contribution is 2.17. The third kappa shape index (κ3) is 4.54. The van der Waals surface area contributed by atoms with Crippen LogP contribution in [0, 0.1) is 0 Å². The van der Waals surface area contributed by atoms with Crippen LogP contribution >= 0.6 is 0 Å². The Morgan fingerprint density at radius 3 is 2.29 bits per heavy atom. The summed E-state index contributed by atoms with van der Waals surface area (Å²) in [6.45, 7) is 4.86. The average Bonchev–Trinajstić information content (AvgIpc) is 2.47. The van der Waals surface area contributed by atoms with Gasteiger partial charge in [0.1, 0.15) is 0 Å². The summed E-state index contributed by atoms with van der Waals surface area (Å²) >= 11 is 0.